The standard InChI is InChI=1S/C32H27F2N3O4S.H2S/c33-24-15-23(16-25(34)18-24)17-29(36-32(39)41-27-9-5-2-6-10-27)31(38)37(13-14-40-20-22-7-3-1-4-8-22)26-11-12-30-28(19-26)35-21-42-30;/h1-12,15-16,18-19,21,29H,13-14,17,20H2,(H,36,39);1H2/t29-;/m0./s1. The molecule has 222 valence electrons. The zero-order valence-corrected chi connectivity index (χ0v) is 24.7. The zero-order chi connectivity index (χ0) is 29.3. The Labute approximate surface area is 258 Å². The van der Waals surface area contributed by atoms with E-state index in [2.05, 4.69) is 10.3 Å². The molecule has 0 unspecified atom stereocenters. The predicted molar refractivity (Wildman–Crippen MR) is 168 cm³/mol. The van der Waals surface area contributed by atoms with Crippen LogP contribution in [0.5, 0.6) is 5.75 Å². The molecule has 0 spiro atoms. The maximum Gasteiger partial charge on any atom is 0.413 e. The minimum Gasteiger partial charge on any atom is -0.410 e. The molecule has 43 heavy (non-hydrogen) atoms. The Morgan fingerprint density at radius 2 is 1.58 bits per heavy atom. The van der Waals surface area contributed by atoms with Gasteiger partial charge in [-0.3, -0.25) is 4.79 Å². The van der Waals surface area contributed by atoms with Gasteiger partial charge in [0, 0.05) is 24.7 Å². The molecule has 0 aliphatic rings. The van der Waals surface area contributed by atoms with Crippen molar-refractivity contribution >= 4 is 52.7 Å². The van der Waals surface area contributed by atoms with Gasteiger partial charge in [-0.05, 0) is 53.6 Å². The molecule has 1 heterocycles. The molecule has 0 aliphatic carbocycles. The SMILES string of the molecule is O=C(N[C@@H](Cc1cc(F)cc(F)c1)C(=O)N(CCOCc1ccccc1)c1ccc2scnc2c1)Oc1ccccc1.S. The molecule has 2 amide bonds. The van der Waals surface area contributed by atoms with Gasteiger partial charge in [0.05, 0.1) is 28.9 Å². The van der Waals surface area contributed by atoms with Crippen molar-refractivity contribution in [2.75, 3.05) is 18.1 Å². The zero-order valence-electron chi connectivity index (χ0n) is 22.9. The molecule has 1 N–H and O–H groups in total. The Balaban J connectivity index is 0.00000423. The molecule has 0 aliphatic heterocycles. The van der Waals surface area contributed by atoms with Gasteiger partial charge in [-0.2, -0.15) is 13.5 Å². The topological polar surface area (TPSA) is 80.8 Å². The minimum atomic E-state index is -1.22. The lowest BCUT2D eigenvalue weighted by Crippen LogP contribution is -2.51. The second-order valence-corrected chi connectivity index (χ2v) is 10.3. The molecule has 5 aromatic rings. The van der Waals surface area contributed by atoms with Gasteiger partial charge in [-0.15, -0.1) is 11.3 Å². The number of hydrogen-bond acceptors (Lipinski definition) is 6. The molecule has 5 rings (SSSR count). The highest BCUT2D eigenvalue weighted by atomic mass is 32.1. The number of halogens is 2. The lowest BCUT2D eigenvalue weighted by Gasteiger charge is -2.28. The number of fused-ring (bicyclic) bond motifs is 1. The van der Waals surface area contributed by atoms with Crippen LogP contribution < -0.4 is 15.0 Å². The number of carbonyl (C=O) groups excluding carboxylic acids is 2. The van der Waals surface area contributed by atoms with Gasteiger partial charge in [0.25, 0.3) is 0 Å². The van der Waals surface area contributed by atoms with Crippen LogP contribution in [0.4, 0.5) is 19.3 Å². The number of rotatable bonds is 11. The summed E-state index contributed by atoms with van der Waals surface area (Å²) >= 11 is 1.47. The summed E-state index contributed by atoms with van der Waals surface area (Å²) in [5.41, 5.74) is 4.14. The highest BCUT2D eigenvalue weighted by Gasteiger charge is 2.29. The average Bonchev–Trinajstić information content (AvgIpc) is 3.45. The van der Waals surface area contributed by atoms with Crippen molar-refractivity contribution < 1.29 is 27.8 Å². The Morgan fingerprint density at radius 3 is 2.30 bits per heavy atom. The van der Waals surface area contributed by atoms with Crippen LogP contribution >= 0.6 is 24.8 Å². The summed E-state index contributed by atoms with van der Waals surface area (Å²) < 4.78 is 40.3. The van der Waals surface area contributed by atoms with Crippen molar-refractivity contribution in [2.45, 2.75) is 19.1 Å². The molecular weight excluding hydrogens is 592 g/mol. The molecule has 0 bridgehead atoms. The van der Waals surface area contributed by atoms with E-state index in [0.29, 0.717) is 17.8 Å². The average molecular weight is 622 g/mol. The van der Waals surface area contributed by atoms with Crippen LogP contribution in [0.3, 0.4) is 0 Å². The van der Waals surface area contributed by atoms with E-state index in [4.69, 9.17) is 9.47 Å². The summed E-state index contributed by atoms with van der Waals surface area (Å²) in [4.78, 5) is 32.9. The van der Waals surface area contributed by atoms with E-state index in [1.54, 1.807) is 48.0 Å². The minimum absolute atomic E-state index is 0. The van der Waals surface area contributed by atoms with Crippen LogP contribution in [0, 0.1) is 11.6 Å². The summed E-state index contributed by atoms with van der Waals surface area (Å²) in [5, 5.41) is 2.60. The third-order valence-electron chi connectivity index (χ3n) is 6.37. The van der Waals surface area contributed by atoms with E-state index in [1.807, 2.05) is 36.4 Å². The molecule has 0 saturated carbocycles. The normalized spacial score (nSPS) is 11.4. The first-order valence-electron chi connectivity index (χ1n) is 13.2. The lowest BCUT2D eigenvalue weighted by molar-refractivity contribution is -0.120. The fraction of sp³-hybridized carbons (Fsp3) is 0.156. The number of para-hydroxylation sites is 1. The third kappa shape index (κ3) is 8.84. The van der Waals surface area contributed by atoms with E-state index in [0.717, 1.165) is 28.5 Å². The van der Waals surface area contributed by atoms with Gasteiger partial charge < -0.3 is 19.7 Å². The van der Waals surface area contributed by atoms with Gasteiger partial charge >= 0.3 is 6.09 Å². The highest BCUT2D eigenvalue weighted by Crippen LogP contribution is 2.25. The number of ether oxygens (including phenoxy) is 2. The molecule has 11 heteroatoms. The summed E-state index contributed by atoms with van der Waals surface area (Å²) in [6.07, 6.45) is -1.07. The number of benzene rings is 4. The molecule has 1 atom stereocenters. The molecular formula is C32H29F2N3O4S2. The number of amides is 2. The van der Waals surface area contributed by atoms with Crippen molar-refractivity contribution in [2.24, 2.45) is 0 Å². The number of nitrogens with zero attached hydrogens (tertiary/aromatic N) is 2. The van der Waals surface area contributed by atoms with Gasteiger partial charge in [0.2, 0.25) is 5.91 Å². The van der Waals surface area contributed by atoms with E-state index < -0.39 is 29.7 Å². The number of nitrogens with one attached hydrogen (secondary N) is 1. The predicted octanol–water partition coefficient (Wildman–Crippen LogP) is 6.64. The van der Waals surface area contributed by atoms with Crippen molar-refractivity contribution in [3.05, 3.63) is 125 Å². The van der Waals surface area contributed by atoms with Crippen molar-refractivity contribution in [3.8, 4) is 5.75 Å². The summed E-state index contributed by atoms with van der Waals surface area (Å²) in [6, 6.07) is 25.2. The van der Waals surface area contributed by atoms with Gasteiger partial charge in [-0.1, -0.05) is 48.5 Å². The first kappa shape index (κ1) is 31.6. The maximum atomic E-state index is 14.1. The number of anilines is 1. The van der Waals surface area contributed by atoms with E-state index in [1.165, 1.54) is 16.2 Å². The molecule has 4 aromatic carbocycles. The smallest absolute Gasteiger partial charge is 0.410 e. The maximum absolute atomic E-state index is 14.1. The van der Waals surface area contributed by atoms with Crippen LogP contribution in [-0.2, 0) is 22.6 Å². The van der Waals surface area contributed by atoms with Crippen LogP contribution in [-0.4, -0.2) is 36.2 Å². The quantitative estimate of drug-likeness (QED) is 0.167. The van der Waals surface area contributed by atoms with Crippen LogP contribution in [0.15, 0.2) is 103 Å². The van der Waals surface area contributed by atoms with Crippen molar-refractivity contribution in [1.82, 2.24) is 10.3 Å². The highest BCUT2D eigenvalue weighted by molar-refractivity contribution is 7.59. The Kier molecular flexibility index (Phi) is 11.2. The van der Waals surface area contributed by atoms with Crippen molar-refractivity contribution in [1.29, 1.82) is 0 Å². The number of aromatic nitrogens is 1. The molecule has 1 aromatic heterocycles. The third-order valence-corrected chi connectivity index (χ3v) is 7.18. The van der Waals surface area contributed by atoms with E-state index in [-0.39, 0.29) is 44.4 Å². The van der Waals surface area contributed by atoms with Gasteiger partial charge in [0.15, 0.2) is 0 Å². The number of carbonyl (C=O) groups is 2. The second kappa shape index (κ2) is 15.2. The molecule has 0 fully saturated rings. The molecule has 0 radical (unpaired) electrons. The number of thiazole rings is 1. The van der Waals surface area contributed by atoms with Gasteiger partial charge in [0.1, 0.15) is 23.4 Å². The Bertz CT molecular complexity index is 1630. The number of hydrogen-bond donors (Lipinski definition) is 1. The van der Waals surface area contributed by atoms with Crippen molar-refractivity contribution in [3.63, 3.8) is 0 Å². The molecule has 7 nitrogen and oxygen atoms in total. The largest absolute Gasteiger partial charge is 0.413 e. The summed E-state index contributed by atoms with van der Waals surface area (Å²) in [5.74, 6) is -1.81. The Hall–Kier alpha value is -4.32. The van der Waals surface area contributed by atoms with Crippen LogP contribution in [0.2, 0.25) is 0 Å². The first-order chi connectivity index (χ1) is 20.4. The monoisotopic (exact) mass is 621 g/mol. The Morgan fingerprint density at radius 1 is 0.884 bits per heavy atom. The lowest BCUT2D eigenvalue weighted by atomic mass is 10.0. The summed E-state index contributed by atoms with van der Waals surface area (Å²) in [7, 11) is 0. The first-order valence-corrected chi connectivity index (χ1v) is 14.1. The van der Waals surface area contributed by atoms with Crippen LogP contribution in [0.25, 0.3) is 10.2 Å². The van der Waals surface area contributed by atoms with Crippen LogP contribution in [0.1, 0.15) is 11.1 Å². The van der Waals surface area contributed by atoms with E-state index in [9.17, 15) is 18.4 Å². The summed E-state index contributed by atoms with van der Waals surface area (Å²) in [6.45, 7) is 0.678. The fourth-order valence-corrected chi connectivity index (χ4v) is 5.08. The van der Waals surface area contributed by atoms with Gasteiger partial charge in [-0.25, -0.2) is 18.6 Å². The second-order valence-electron chi connectivity index (χ2n) is 9.41. The molecule has 0 saturated heterocycles. The van der Waals surface area contributed by atoms with E-state index >= 15 is 0 Å². The fourth-order valence-electron chi connectivity index (χ4n) is 4.42.